The highest BCUT2D eigenvalue weighted by Crippen LogP contribution is 2.29. The van der Waals surface area contributed by atoms with Crippen LogP contribution in [0.3, 0.4) is 0 Å². The molecule has 0 atom stereocenters. The second-order valence-electron chi connectivity index (χ2n) is 4.03. The van der Waals surface area contributed by atoms with Crippen molar-refractivity contribution in [2.75, 3.05) is 0 Å². The Labute approximate surface area is 123 Å². The number of halogens is 1. The maximum absolute atomic E-state index is 13.6. The van der Waals surface area contributed by atoms with E-state index in [4.69, 9.17) is 16.6 Å². The topological polar surface area (TPSA) is 42.2 Å². The van der Waals surface area contributed by atoms with E-state index < -0.39 is 0 Å². The van der Waals surface area contributed by atoms with Gasteiger partial charge in [0.25, 0.3) is 5.24 Å². The number of carbonyl (C=O) groups is 1. The molecule has 1 fully saturated rings. The van der Waals surface area contributed by atoms with Gasteiger partial charge in [-0.2, -0.15) is 0 Å². The maximum atomic E-state index is 13.6. The number of hydrogen-bond donors (Lipinski definition) is 1. The minimum absolute atomic E-state index is 0.206. The summed E-state index contributed by atoms with van der Waals surface area (Å²) < 4.78 is 19.2. The van der Waals surface area contributed by atoms with Crippen molar-refractivity contribution in [2.24, 2.45) is 0 Å². The summed E-state index contributed by atoms with van der Waals surface area (Å²) in [5, 5.41) is 2.31. The first-order chi connectivity index (χ1) is 9.63. The Hall–Kier alpha value is -1.92. The smallest absolute Gasteiger partial charge is 0.289 e. The summed E-state index contributed by atoms with van der Waals surface area (Å²) in [4.78, 5) is 12.2. The van der Waals surface area contributed by atoms with E-state index in [1.54, 1.807) is 36.4 Å². The van der Waals surface area contributed by atoms with Crippen molar-refractivity contribution >= 4 is 40.3 Å². The number of thioether (sulfide) groups is 1. The van der Waals surface area contributed by atoms with Crippen LogP contribution in [0.25, 0.3) is 17.4 Å². The van der Waals surface area contributed by atoms with Crippen molar-refractivity contribution < 1.29 is 13.6 Å². The fourth-order valence-corrected chi connectivity index (χ4v) is 2.80. The molecule has 6 heteroatoms. The Bertz CT molecular complexity index is 736. The van der Waals surface area contributed by atoms with Crippen LogP contribution in [0.2, 0.25) is 0 Å². The molecule has 1 saturated heterocycles. The third-order valence-corrected chi connectivity index (χ3v) is 3.96. The average Bonchev–Trinajstić information content (AvgIpc) is 2.98. The summed E-state index contributed by atoms with van der Waals surface area (Å²) in [6, 6.07) is 9.77. The van der Waals surface area contributed by atoms with Crippen molar-refractivity contribution in [3.63, 3.8) is 0 Å². The molecule has 0 aliphatic carbocycles. The molecule has 1 aliphatic rings. The van der Waals surface area contributed by atoms with Crippen molar-refractivity contribution in [1.82, 2.24) is 5.32 Å². The highest BCUT2D eigenvalue weighted by Gasteiger charge is 2.22. The first-order valence-electron chi connectivity index (χ1n) is 5.73. The molecule has 3 nitrogen and oxygen atoms in total. The summed E-state index contributed by atoms with van der Waals surface area (Å²) >= 11 is 6.03. The molecule has 1 aliphatic heterocycles. The molecule has 1 aromatic carbocycles. The van der Waals surface area contributed by atoms with Crippen LogP contribution in [0.15, 0.2) is 45.7 Å². The molecule has 2 heterocycles. The second kappa shape index (κ2) is 5.22. The zero-order valence-corrected chi connectivity index (χ0v) is 11.7. The average molecular weight is 305 g/mol. The molecular formula is C14H8FNO2S2. The number of hydrogen-bond acceptors (Lipinski definition) is 4. The molecule has 0 bridgehead atoms. The highest BCUT2D eigenvalue weighted by molar-refractivity contribution is 8.19. The molecule has 20 heavy (non-hydrogen) atoms. The number of furan rings is 1. The lowest BCUT2D eigenvalue weighted by Crippen LogP contribution is -2.15. The van der Waals surface area contributed by atoms with E-state index in [9.17, 15) is 9.18 Å². The SMILES string of the molecule is O=C1NC(=S)/C(=C/c2ccc(-c3ccccc3F)o2)S1. The van der Waals surface area contributed by atoms with E-state index in [1.165, 1.54) is 6.07 Å². The van der Waals surface area contributed by atoms with Gasteiger partial charge in [0, 0.05) is 0 Å². The van der Waals surface area contributed by atoms with E-state index in [-0.39, 0.29) is 11.1 Å². The minimum atomic E-state index is -0.344. The largest absolute Gasteiger partial charge is 0.457 e. The molecule has 100 valence electrons. The zero-order chi connectivity index (χ0) is 14.1. The maximum Gasteiger partial charge on any atom is 0.289 e. The van der Waals surface area contributed by atoms with Gasteiger partial charge < -0.3 is 9.73 Å². The Morgan fingerprint density at radius 3 is 2.75 bits per heavy atom. The van der Waals surface area contributed by atoms with Gasteiger partial charge in [-0.05, 0) is 42.1 Å². The number of rotatable bonds is 2. The number of amides is 1. The quantitative estimate of drug-likeness (QED) is 0.666. The molecule has 1 N–H and O–H groups in total. The van der Waals surface area contributed by atoms with Crippen molar-refractivity contribution in [3.05, 3.63) is 52.9 Å². The van der Waals surface area contributed by atoms with Crippen LogP contribution in [-0.2, 0) is 0 Å². The van der Waals surface area contributed by atoms with Crippen LogP contribution in [0.1, 0.15) is 5.76 Å². The molecule has 1 aromatic heterocycles. The monoisotopic (exact) mass is 305 g/mol. The lowest BCUT2D eigenvalue weighted by molar-refractivity contribution is 0.265. The summed E-state index contributed by atoms with van der Waals surface area (Å²) in [5.41, 5.74) is 0.396. The predicted octanol–water partition coefficient (Wildman–Crippen LogP) is 4.21. The van der Waals surface area contributed by atoms with Gasteiger partial charge in [0.15, 0.2) is 0 Å². The molecule has 3 rings (SSSR count). The Morgan fingerprint density at radius 2 is 2.05 bits per heavy atom. The Kier molecular flexibility index (Phi) is 3.42. The van der Waals surface area contributed by atoms with Gasteiger partial charge in [-0.25, -0.2) is 4.39 Å². The third kappa shape index (κ3) is 2.52. The first-order valence-corrected chi connectivity index (χ1v) is 6.95. The molecule has 0 saturated carbocycles. The van der Waals surface area contributed by atoms with Crippen LogP contribution >= 0.6 is 24.0 Å². The van der Waals surface area contributed by atoms with E-state index >= 15 is 0 Å². The number of nitrogens with one attached hydrogen (secondary N) is 1. The van der Waals surface area contributed by atoms with Crippen molar-refractivity contribution in [2.45, 2.75) is 0 Å². The Morgan fingerprint density at radius 1 is 1.25 bits per heavy atom. The van der Waals surface area contributed by atoms with Gasteiger partial charge in [-0.3, -0.25) is 4.79 Å². The van der Waals surface area contributed by atoms with Crippen molar-refractivity contribution in [1.29, 1.82) is 0 Å². The van der Waals surface area contributed by atoms with Gasteiger partial charge in [-0.1, -0.05) is 24.4 Å². The molecular weight excluding hydrogens is 297 g/mol. The summed E-state index contributed by atoms with van der Waals surface area (Å²) in [5.74, 6) is 0.608. The highest BCUT2D eigenvalue weighted by atomic mass is 32.2. The molecule has 0 radical (unpaired) electrons. The fraction of sp³-hybridized carbons (Fsp3) is 0. The molecule has 0 spiro atoms. The Balaban J connectivity index is 1.92. The van der Waals surface area contributed by atoms with E-state index in [0.717, 1.165) is 11.8 Å². The normalized spacial score (nSPS) is 16.8. The van der Waals surface area contributed by atoms with Crippen LogP contribution in [0.4, 0.5) is 9.18 Å². The lowest BCUT2D eigenvalue weighted by atomic mass is 10.1. The third-order valence-electron chi connectivity index (χ3n) is 2.68. The minimum Gasteiger partial charge on any atom is -0.457 e. The van der Waals surface area contributed by atoms with E-state index in [1.807, 2.05) is 0 Å². The van der Waals surface area contributed by atoms with Crippen LogP contribution < -0.4 is 5.32 Å². The van der Waals surface area contributed by atoms with Crippen LogP contribution in [0, 0.1) is 5.82 Å². The summed E-state index contributed by atoms with van der Waals surface area (Å²) in [6.45, 7) is 0. The summed E-state index contributed by atoms with van der Waals surface area (Å²) in [6.07, 6.45) is 1.66. The van der Waals surface area contributed by atoms with Crippen molar-refractivity contribution in [3.8, 4) is 11.3 Å². The van der Waals surface area contributed by atoms with E-state index in [0.29, 0.717) is 27.0 Å². The van der Waals surface area contributed by atoms with Gasteiger partial charge in [-0.15, -0.1) is 0 Å². The van der Waals surface area contributed by atoms with Gasteiger partial charge >= 0.3 is 0 Å². The number of benzene rings is 1. The standard InChI is InChI=1S/C14H8FNO2S2/c15-10-4-2-1-3-9(10)11-6-5-8(18-11)7-12-13(19)16-14(17)20-12/h1-7H,(H,16,17,19)/b12-7-. The lowest BCUT2D eigenvalue weighted by Gasteiger charge is -1.98. The fourth-order valence-electron chi connectivity index (χ4n) is 1.79. The van der Waals surface area contributed by atoms with E-state index in [2.05, 4.69) is 5.32 Å². The van der Waals surface area contributed by atoms with Gasteiger partial charge in [0.1, 0.15) is 22.3 Å². The van der Waals surface area contributed by atoms with Gasteiger partial charge in [0.05, 0.1) is 10.5 Å². The second-order valence-corrected chi connectivity index (χ2v) is 5.46. The molecule has 2 aromatic rings. The number of thiocarbonyl (C=S) groups is 1. The zero-order valence-electron chi connectivity index (χ0n) is 10.1. The number of carbonyl (C=O) groups excluding carboxylic acids is 1. The molecule has 0 unspecified atom stereocenters. The van der Waals surface area contributed by atoms with Crippen LogP contribution in [-0.4, -0.2) is 10.2 Å². The predicted molar refractivity (Wildman–Crippen MR) is 80.8 cm³/mol. The first kappa shape index (κ1) is 13.1. The van der Waals surface area contributed by atoms with Crippen LogP contribution in [0.5, 0.6) is 0 Å². The summed E-state index contributed by atoms with van der Waals surface area (Å²) in [7, 11) is 0. The van der Waals surface area contributed by atoms with Gasteiger partial charge in [0.2, 0.25) is 0 Å². The molecule has 1 amide bonds.